The van der Waals surface area contributed by atoms with Crippen molar-refractivity contribution in [3.8, 4) is 5.82 Å². The Morgan fingerprint density at radius 3 is 2.46 bits per heavy atom. The normalized spacial score (nSPS) is 18.2. The molecule has 2 aromatic heterocycles. The Kier molecular flexibility index (Phi) is 5.13. The number of amides is 1. The SMILES string of the molecule is CC(O)(C(=O)N1CCC(c2ccnn2-c2ncc(F)cc2F)CC1)C(F)(F)F. The average Bonchev–Trinajstić information content (AvgIpc) is 3.09. The van der Waals surface area contributed by atoms with Crippen molar-refractivity contribution in [1.29, 1.82) is 0 Å². The number of aromatic nitrogens is 3. The number of halogens is 5. The highest BCUT2D eigenvalue weighted by atomic mass is 19.4. The van der Waals surface area contributed by atoms with Crippen molar-refractivity contribution in [3.05, 3.63) is 41.9 Å². The molecular weight excluding hydrogens is 387 g/mol. The Morgan fingerprint density at radius 1 is 1.25 bits per heavy atom. The molecule has 152 valence electrons. The van der Waals surface area contributed by atoms with Crippen molar-refractivity contribution in [2.24, 2.45) is 0 Å². The summed E-state index contributed by atoms with van der Waals surface area (Å²) in [5, 5.41) is 13.6. The zero-order chi connectivity index (χ0) is 20.7. The highest BCUT2D eigenvalue weighted by Crippen LogP contribution is 2.35. The van der Waals surface area contributed by atoms with E-state index in [1.54, 1.807) is 6.07 Å². The van der Waals surface area contributed by atoms with Gasteiger partial charge in [-0.15, -0.1) is 0 Å². The molecule has 1 aliphatic heterocycles. The van der Waals surface area contributed by atoms with Crippen LogP contribution >= 0.6 is 0 Å². The van der Waals surface area contributed by atoms with Crippen LogP contribution < -0.4 is 0 Å². The molecule has 0 spiro atoms. The van der Waals surface area contributed by atoms with Gasteiger partial charge >= 0.3 is 6.18 Å². The summed E-state index contributed by atoms with van der Waals surface area (Å²) < 4.78 is 66.9. The van der Waals surface area contributed by atoms with Gasteiger partial charge in [0.25, 0.3) is 5.91 Å². The molecule has 3 rings (SSSR count). The van der Waals surface area contributed by atoms with Gasteiger partial charge in [-0.25, -0.2) is 18.4 Å². The number of piperidine rings is 1. The first-order valence-corrected chi connectivity index (χ1v) is 8.46. The monoisotopic (exact) mass is 404 g/mol. The maximum atomic E-state index is 14.0. The third-order valence-corrected chi connectivity index (χ3v) is 4.83. The lowest BCUT2D eigenvalue weighted by atomic mass is 9.92. The van der Waals surface area contributed by atoms with Crippen molar-refractivity contribution in [2.75, 3.05) is 13.1 Å². The van der Waals surface area contributed by atoms with E-state index in [0.717, 1.165) is 11.1 Å². The molecule has 0 aromatic carbocycles. The lowest BCUT2D eigenvalue weighted by molar-refractivity contribution is -0.250. The van der Waals surface area contributed by atoms with E-state index in [1.165, 1.54) is 10.9 Å². The summed E-state index contributed by atoms with van der Waals surface area (Å²) in [6, 6.07) is 2.28. The molecule has 11 heteroatoms. The molecule has 0 saturated carbocycles. The molecule has 1 N–H and O–H groups in total. The van der Waals surface area contributed by atoms with Crippen LogP contribution in [0, 0.1) is 11.6 Å². The number of nitrogens with zero attached hydrogens (tertiary/aromatic N) is 4. The largest absolute Gasteiger partial charge is 0.426 e. The maximum Gasteiger partial charge on any atom is 0.426 e. The Hall–Kier alpha value is -2.56. The molecule has 0 bridgehead atoms. The first-order chi connectivity index (χ1) is 13.0. The average molecular weight is 404 g/mol. The van der Waals surface area contributed by atoms with Crippen molar-refractivity contribution in [3.63, 3.8) is 0 Å². The summed E-state index contributed by atoms with van der Waals surface area (Å²) in [6.45, 7) is 0.403. The smallest absolute Gasteiger partial charge is 0.373 e. The molecule has 0 radical (unpaired) electrons. The summed E-state index contributed by atoms with van der Waals surface area (Å²) in [4.78, 5) is 16.7. The van der Waals surface area contributed by atoms with Gasteiger partial charge in [0.1, 0.15) is 5.82 Å². The molecule has 0 aliphatic carbocycles. The summed E-state index contributed by atoms with van der Waals surface area (Å²) in [7, 11) is 0. The molecule has 3 heterocycles. The Labute approximate surface area is 156 Å². The number of alkyl halides is 3. The topological polar surface area (TPSA) is 71.2 Å². The predicted molar refractivity (Wildman–Crippen MR) is 86.5 cm³/mol. The zero-order valence-corrected chi connectivity index (χ0v) is 14.7. The van der Waals surface area contributed by atoms with Gasteiger partial charge in [-0.3, -0.25) is 4.79 Å². The molecule has 1 unspecified atom stereocenters. The van der Waals surface area contributed by atoms with Crippen molar-refractivity contribution < 1.29 is 31.9 Å². The number of hydrogen-bond acceptors (Lipinski definition) is 4. The van der Waals surface area contributed by atoms with Crippen LogP contribution in [0.3, 0.4) is 0 Å². The van der Waals surface area contributed by atoms with Crippen molar-refractivity contribution in [1.82, 2.24) is 19.7 Å². The highest BCUT2D eigenvalue weighted by molar-refractivity contribution is 5.85. The summed E-state index contributed by atoms with van der Waals surface area (Å²) >= 11 is 0. The Balaban J connectivity index is 1.75. The number of likely N-dealkylation sites (tertiary alicyclic amines) is 1. The number of rotatable bonds is 3. The minimum Gasteiger partial charge on any atom is -0.373 e. The van der Waals surface area contributed by atoms with Crippen LogP contribution in [0.1, 0.15) is 31.4 Å². The van der Waals surface area contributed by atoms with Crippen molar-refractivity contribution in [2.45, 2.75) is 37.5 Å². The Morgan fingerprint density at radius 2 is 1.89 bits per heavy atom. The second-order valence-corrected chi connectivity index (χ2v) is 6.76. The van der Waals surface area contributed by atoms with E-state index < -0.39 is 29.3 Å². The predicted octanol–water partition coefficient (Wildman–Crippen LogP) is 2.56. The van der Waals surface area contributed by atoms with Crippen LogP contribution in [0.15, 0.2) is 24.5 Å². The molecule has 1 aliphatic rings. The van der Waals surface area contributed by atoms with E-state index >= 15 is 0 Å². The van der Waals surface area contributed by atoms with Crippen molar-refractivity contribution >= 4 is 5.91 Å². The highest BCUT2D eigenvalue weighted by Gasteiger charge is 2.57. The summed E-state index contributed by atoms with van der Waals surface area (Å²) in [6.07, 6.45) is -2.25. The van der Waals surface area contributed by atoms with Gasteiger partial charge in [0, 0.05) is 37.0 Å². The minimum atomic E-state index is -5.08. The molecule has 6 nitrogen and oxygen atoms in total. The van der Waals surface area contributed by atoms with Crippen LogP contribution in [0.25, 0.3) is 5.82 Å². The lowest BCUT2D eigenvalue weighted by Gasteiger charge is -2.36. The quantitative estimate of drug-likeness (QED) is 0.799. The van der Waals surface area contributed by atoms with Gasteiger partial charge in [0.05, 0.1) is 6.20 Å². The number of carbonyl (C=O) groups is 1. The number of carbonyl (C=O) groups excluding carboxylic acids is 1. The van der Waals surface area contributed by atoms with Gasteiger partial charge in [-0.2, -0.15) is 18.3 Å². The van der Waals surface area contributed by atoms with Gasteiger partial charge in [0.2, 0.25) is 5.60 Å². The number of hydrogen-bond donors (Lipinski definition) is 1. The lowest BCUT2D eigenvalue weighted by Crippen LogP contribution is -2.57. The van der Waals surface area contributed by atoms with Crippen LogP contribution in [0.4, 0.5) is 22.0 Å². The number of pyridine rings is 1. The van der Waals surface area contributed by atoms with Crippen LogP contribution in [-0.4, -0.2) is 55.5 Å². The number of aliphatic hydroxyl groups is 1. The Bertz CT molecular complexity index is 873. The minimum absolute atomic E-state index is 0.0137. The second kappa shape index (κ2) is 7.12. The summed E-state index contributed by atoms with van der Waals surface area (Å²) in [5.74, 6) is -3.57. The van der Waals surface area contributed by atoms with Gasteiger partial charge in [0.15, 0.2) is 11.6 Å². The van der Waals surface area contributed by atoms with Gasteiger partial charge in [-0.1, -0.05) is 0 Å². The van der Waals surface area contributed by atoms with E-state index in [-0.39, 0.29) is 37.7 Å². The van der Waals surface area contributed by atoms with Crippen LogP contribution in [0.2, 0.25) is 0 Å². The zero-order valence-electron chi connectivity index (χ0n) is 14.7. The third kappa shape index (κ3) is 3.58. The molecular formula is C17H17F5N4O2. The third-order valence-electron chi connectivity index (χ3n) is 4.83. The molecule has 28 heavy (non-hydrogen) atoms. The maximum absolute atomic E-state index is 14.0. The van der Waals surface area contributed by atoms with Crippen LogP contribution in [-0.2, 0) is 4.79 Å². The molecule has 1 amide bonds. The fourth-order valence-electron chi connectivity index (χ4n) is 3.17. The molecule has 1 atom stereocenters. The van der Waals surface area contributed by atoms with E-state index in [2.05, 4.69) is 10.1 Å². The van der Waals surface area contributed by atoms with Gasteiger partial charge < -0.3 is 10.0 Å². The van der Waals surface area contributed by atoms with Crippen LogP contribution in [0.5, 0.6) is 0 Å². The fraction of sp³-hybridized carbons (Fsp3) is 0.471. The standard InChI is InChI=1S/C17H17F5N4O2/c1-16(28,17(20,21)22)15(27)25-6-3-10(4-7-25)13-2-5-24-26(13)14-12(19)8-11(18)9-23-14/h2,5,8-10,28H,3-4,6-7H2,1H3. The van der Waals surface area contributed by atoms with E-state index in [4.69, 9.17) is 0 Å². The molecule has 2 aromatic rings. The first-order valence-electron chi connectivity index (χ1n) is 8.46. The van der Waals surface area contributed by atoms with E-state index in [1.807, 2.05) is 0 Å². The first kappa shape index (κ1) is 20.2. The van der Waals surface area contributed by atoms with E-state index in [9.17, 15) is 31.9 Å². The molecule has 1 saturated heterocycles. The summed E-state index contributed by atoms with van der Waals surface area (Å²) in [5.41, 5.74) is -2.91. The van der Waals surface area contributed by atoms with Gasteiger partial charge in [-0.05, 0) is 25.8 Å². The van der Waals surface area contributed by atoms with E-state index in [0.29, 0.717) is 18.7 Å². The molecule has 1 fully saturated rings. The second-order valence-electron chi connectivity index (χ2n) is 6.76. The fourth-order valence-corrected chi connectivity index (χ4v) is 3.17.